The van der Waals surface area contributed by atoms with Gasteiger partial charge in [-0.1, -0.05) is 18.2 Å². The van der Waals surface area contributed by atoms with Crippen LogP contribution in [0.1, 0.15) is 0 Å². The molecule has 0 unspecified atom stereocenters. The van der Waals surface area contributed by atoms with E-state index < -0.39 is 0 Å². The summed E-state index contributed by atoms with van der Waals surface area (Å²) < 4.78 is 0. The number of hydrogen-bond acceptors (Lipinski definition) is 5. The zero-order valence-electron chi connectivity index (χ0n) is 9.45. The van der Waals surface area contributed by atoms with Crippen LogP contribution in [-0.2, 0) is 0 Å². The maximum atomic E-state index is 4.44. The van der Waals surface area contributed by atoms with Crippen LogP contribution in [-0.4, -0.2) is 15.0 Å². The van der Waals surface area contributed by atoms with E-state index in [2.05, 4.69) is 20.3 Å². The van der Waals surface area contributed by atoms with Crippen molar-refractivity contribution in [2.24, 2.45) is 0 Å². The summed E-state index contributed by atoms with van der Waals surface area (Å²) in [7, 11) is 0. The first kappa shape index (κ1) is 10.9. The van der Waals surface area contributed by atoms with E-state index in [0.717, 1.165) is 16.4 Å². The van der Waals surface area contributed by atoms with Gasteiger partial charge in [0.1, 0.15) is 10.7 Å². The van der Waals surface area contributed by atoms with E-state index in [1.807, 2.05) is 41.8 Å². The normalized spacial score (nSPS) is 10.2. The fourth-order valence-electron chi connectivity index (χ4n) is 1.54. The molecule has 2 aromatic heterocycles. The predicted octanol–water partition coefficient (Wildman–Crippen LogP) is 3.34. The van der Waals surface area contributed by atoms with Crippen LogP contribution >= 0.6 is 11.3 Å². The van der Waals surface area contributed by atoms with Gasteiger partial charge in [-0.3, -0.25) is 0 Å². The van der Waals surface area contributed by atoms with Gasteiger partial charge in [-0.05, 0) is 18.2 Å². The van der Waals surface area contributed by atoms with Crippen LogP contribution in [0.25, 0.3) is 10.7 Å². The van der Waals surface area contributed by atoms with Crippen molar-refractivity contribution in [1.82, 2.24) is 15.0 Å². The molecule has 4 nitrogen and oxygen atoms in total. The second kappa shape index (κ2) is 4.93. The van der Waals surface area contributed by atoms with Crippen molar-refractivity contribution in [3.63, 3.8) is 0 Å². The Morgan fingerprint density at radius 1 is 0.944 bits per heavy atom. The Kier molecular flexibility index (Phi) is 2.97. The van der Waals surface area contributed by atoms with Crippen LogP contribution in [0.2, 0.25) is 0 Å². The van der Waals surface area contributed by atoms with Gasteiger partial charge in [0.2, 0.25) is 5.95 Å². The van der Waals surface area contributed by atoms with Gasteiger partial charge in [0, 0.05) is 23.5 Å². The Bertz CT molecular complexity index is 623. The maximum absolute atomic E-state index is 4.44. The van der Waals surface area contributed by atoms with Crippen LogP contribution < -0.4 is 5.32 Å². The minimum Gasteiger partial charge on any atom is -0.324 e. The molecule has 0 atom stereocenters. The number of para-hydroxylation sites is 1. The first-order valence-electron chi connectivity index (χ1n) is 5.47. The number of aromatic nitrogens is 3. The zero-order valence-corrected chi connectivity index (χ0v) is 10.3. The number of hydrogen-bond donors (Lipinski definition) is 1. The molecule has 0 fully saturated rings. The zero-order chi connectivity index (χ0) is 12.2. The molecule has 1 aromatic carbocycles. The Morgan fingerprint density at radius 2 is 1.83 bits per heavy atom. The highest BCUT2D eigenvalue weighted by Crippen LogP contribution is 2.20. The van der Waals surface area contributed by atoms with E-state index in [4.69, 9.17) is 0 Å². The van der Waals surface area contributed by atoms with E-state index in [1.54, 1.807) is 23.7 Å². The van der Waals surface area contributed by atoms with Gasteiger partial charge in [-0.15, -0.1) is 11.3 Å². The Balaban J connectivity index is 1.88. The predicted molar refractivity (Wildman–Crippen MR) is 72.9 cm³/mol. The third-order valence-corrected chi connectivity index (χ3v) is 3.13. The van der Waals surface area contributed by atoms with Gasteiger partial charge in [-0.25, -0.2) is 15.0 Å². The van der Waals surface area contributed by atoms with Crippen LogP contribution in [0.3, 0.4) is 0 Å². The molecule has 0 saturated carbocycles. The average molecular weight is 254 g/mol. The fourth-order valence-corrected chi connectivity index (χ4v) is 2.15. The van der Waals surface area contributed by atoms with Crippen molar-refractivity contribution in [2.75, 3.05) is 5.32 Å². The lowest BCUT2D eigenvalue weighted by atomic mass is 10.3. The quantitative estimate of drug-likeness (QED) is 0.778. The first-order chi connectivity index (χ1) is 8.92. The Labute approximate surface area is 108 Å². The van der Waals surface area contributed by atoms with Gasteiger partial charge >= 0.3 is 0 Å². The van der Waals surface area contributed by atoms with E-state index >= 15 is 0 Å². The molecule has 0 radical (unpaired) electrons. The summed E-state index contributed by atoms with van der Waals surface area (Å²) in [4.78, 5) is 12.9. The van der Waals surface area contributed by atoms with Crippen molar-refractivity contribution < 1.29 is 0 Å². The lowest BCUT2D eigenvalue weighted by molar-refractivity contribution is 1.16. The van der Waals surface area contributed by atoms with Crippen molar-refractivity contribution in [2.45, 2.75) is 0 Å². The standard InChI is InChI=1S/C13H10N4S/c1-2-4-10(5-3-1)16-13-15-7-6-11(17-13)12-14-8-9-18-12/h1-9H,(H,15,16,17). The van der Waals surface area contributed by atoms with E-state index in [-0.39, 0.29) is 0 Å². The second-order valence-corrected chi connectivity index (χ2v) is 4.49. The summed E-state index contributed by atoms with van der Waals surface area (Å²) in [6, 6.07) is 11.7. The Morgan fingerprint density at radius 3 is 2.61 bits per heavy atom. The number of thiazole rings is 1. The summed E-state index contributed by atoms with van der Waals surface area (Å²) in [6.45, 7) is 0. The molecule has 0 bridgehead atoms. The van der Waals surface area contributed by atoms with Crippen LogP contribution in [0.5, 0.6) is 0 Å². The molecular formula is C13H10N4S. The minimum atomic E-state index is 0.578. The van der Waals surface area contributed by atoms with Crippen molar-refractivity contribution in [3.05, 3.63) is 54.2 Å². The van der Waals surface area contributed by atoms with Crippen LogP contribution in [0, 0.1) is 0 Å². The molecule has 1 N–H and O–H groups in total. The third-order valence-electron chi connectivity index (χ3n) is 2.34. The van der Waals surface area contributed by atoms with E-state index in [0.29, 0.717) is 5.95 Å². The van der Waals surface area contributed by atoms with Gasteiger partial charge in [-0.2, -0.15) is 0 Å². The molecule has 3 rings (SSSR count). The van der Waals surface area contributed by atoms with Gasteiger partial charge in [0.15, 0.2) is 0 Å². The molecule has 0 amide bonds. The third kappa shape index (κ3) is 2.36. The monoisotopic (exact) mass is 254 g/mol. The molecule has 3 aromatic rings. The highest BCUT2D eigenvalue weighted by atomic mass is 32.1. The summed E-state index contributed by atoms with van der Waals surface area (Å²) in [6.07, 6.45) is 3.50. The summed E-state index contributed by atoms with van der Waals surface area (Å²) in [5.41, 5.74) is 1.80. The number of nitrogens with one attached hydrogen (secondary N) is 1. The molecule has 5 heteroatoms. The van der Waals surface area contributed by atoms with Crippen LogP contribution in [0.15, 0.2) is 54.2 Å². The van der Waals surface area contributed by atoms with Crippen molar-refractivity contribution >= 4 is 23.0 Å². The lowest BCUT2D eigenvalue weighted by Gasteiger charge is -2.04. The lowest BCUT2D eigenvalue weighted by Crippen LogP contribution is -1.97. The van der Waals surface area contributed by atoms with Crippen molar-refractivity contribution in [3.8, 4) is 10.7 Å². The minimum absolute atomic E-state index is 0.578. The van der Waals surface area contributed by atoms with E-state index in [1.165, 1.54) is 0 Å². The number of rotatable bonds is 3. The van der Waals surface area contributed by atoms with E-state index in [9.17, 15) is 0 Å². The molecule has 18 heavy (non-hydrogen) atoms. The number of anilines is 2. The number of benzene rings is 1. The fraction of sp³-hybridized carbons (Fsp3) is 0. The first-order valence-corrected chi connectivity index (χ1v) is 6.35. The molecule has 0 aliphatic heterocycles. The van der Waals surface area contributed by atoms with Crippen LogP contribution in [0.4, 0.5) is 11.6 Å². The maximum Gasteiger partial charge on any atom is 0.227 e. The largest absolute Gasteiger partial charge is 0.324 e. The van der Waals surface area contributed by atoms with Crippen molar-refractivity contribution in [1.29, 1.82) is 0 Å². The smallest absolute Gasteiger partial charge is 0.227 e. The number of nitrogens with zero attached hydrogens (tertiary/aromatic N) is 3. The second-order valence-electron chi connectivity index (χ2n) is 3.59. The van der Waals surface area contributed by atoms with Gasteiger partial charge in [0.05, 0.1) is 0 Å². The SMILES string of the molecule is c1ccc(Nc2nccc(-c3nccs3)n2)cc1. The van der Waals surface area contributed by atoms with Gasteiger partial charge in [0.25, 0.3) is 0 Å². The topological polar surface area (TPSA) is 50.7 Å². The summed E-state index contributed by atoms with van der Waals surface area (Å²) in [5.74, 6) is 0.578. The molecule has 0 aliphatic rings. The van der Waals surface area contributed by atoms with Gasteiger partial charge < -0.3 is 5.32 Å². The molecule has 0 aliphatic carbocycles. The molecular weight excluding hydrogens is 244 g/mol. The summed E-state index contributed by atoms with van der Waals surface area (Å²) >= 11 is 1.56. The highest BCUT2D eigenvalue weighted by molar-refractivity contribution is 7.13. The molecule has 0 saturated heterocycles. The Hall–Kier alpha value is -2.27. The highest BCUT2D eigenvalue weighted by Gasteiger charge is 2.04. The molecule has 88 valence electrons. The average Bonchev–Trinajstić information content (AvgIpc) is 2.94. The molecule has 0 spiro atoms. The molecule has 2 heterocycles. The summed E-state index contributed by atoms with van der Waals surface area (Å²) in [5, 5.41) is 5.99.